The van der Waals surface area contributed by atoms with Gasteiger partial charge >= 0.3 is 0 Å². The van der Waals surface area contributed by atoms with Crippen LogP contribution in [0.15, 0.2) is 30.5 Å². The van der Waals surface area contributed by atoms with Gasteiger partial charge in [0.15, 0.2) is 0 Å². The molecule has 1 heterocycles. The number of nitrogens with zero attached hydrogens (tertiary/aromatic N) is 2. The Morgan fingerprint density at radius 3 is 2.58 bits per heavy atom. The van der Waals surface area contributed by atoms with Crippen molar-refractivity contribution in [3.8, 4) is 5.75 Å². The largest absolute Gasteiger partial charge is 0.495 e. The van der Waals surface area contributed by atoms with Crippen LogP contribution in [0, 0.1) is 13.8 Å². The van der Waals surface area contributed by atoms with Crippen molar-refractivity contribution in [3.63, 3.8) is 0 Å². The van der Waals surface area contributed by atoms with E-state index < -0.39 is 0 Å². The molecule has 4 heteroatoms. The Morgan fingerprint density at radius 2 is 1.95 bits per heavy atom. The first-order valence-electron chi connectivity index (χ1n) is 6.13. The minimum Gasteiger partial charge on any atom is -0.495 e. The summed E-state index contributed by atoms with van der Waals surface area (Å²) in [6, 6.07) is 7.99. The van der Waals surface area contributed by atoms with E-state index in [2.05, 4.69) is 18.0 Å². The standard InChI is InChI=1S/C15H19N3O/c1-10-5-6-14(19-4)13(7-10)18(3)15-11(2)8-12(16)9-17-15/h5-9H,16H2,1-4H3. The van der Waals surface area contributed by atoms with Crippen LogP contribution in [0.25, 0.3) is 0 Å². The molecule has 0 aliphatic rings. The second-order valence-electron chi connectivity index (χ2n) is 4.64. The number of nitrogen functional groups attached to an aromatic ring is 1. The monoisotopic (exact) mass is 257 g/mol. The Morgan fingerprint density at radius 1 is 1.21 bits per heavy atom. The smallest absolute Gasteiger partial charge is 0.142 e. The Kier molecular flexibility index (Phi) is 3.60. The highest BCUT2D eigenvalue weighted by atomic mass is 16.5. The first kappa shape index (κ1) is 13.2. The molecule has 4 nitrogen and oxygen atoms in total. The van der Waals surface area contributed by atoms with Gasteiger partial charge in [-0.25, -0.2) is 4.98 Å². The number of hydrogen-bond donors (Lipinski definition) is 1. The van der Waals surface area contributed by atoms with Gasteiger partial charge in [-0.3, -0.25) is 0 Å². The third kappa shape index (κ3) is 2.62. The molecule has 100 valence electrons. The highest BCUT2D eigenvalue weighted by molar-refractivity contribution is 5.69. The SMILES string of the molecule is COc1ccc(C)cc1N(C)c1ncc(N)cc1C. The third-order valence-corrected chi connectivity index (χ3v) is 3.09. The van der Waals surface area contributed by atoms with E-state index in [1.54, 1.807) is 13.3 Å². The molecule has 0 aliphatic carbocycles. The number of aryl methyl sites for hydroxylation is 2. The van der Waals surface area contributed by atoms with Crippen LogP contribution < -0.4 is 15.4 Å². The molecule has 0 bridgehead atoms. The molecule has 2 aromatic rings. The first-order chi connectivity index (χ1) is 9.02. The van der Waals surface area contributed by atoms with E-state index in [0.29, 0.717) is 5.69 Å². The van der Waals surface area contributed by atoms with Crippen molar-refractivity contribution in [2.45, 2.75) is 13.8 Å². The molecule has 2 rings (SSSR count). The number of methoxy groups -OCH3 is 1. The van der Waals surface area contributed by atoms with Crippen molar-refractivity contribution in [2.24, 2.45) is 0 Å². The number of pyridine rings is 1. The number of hydrogen-bond acceptors (Lipinski definition) is 4. The Hall–Kier alpha value is -2.23. The van der Waals surface area contributed by atoms with Crippen LogP contribution in [0.1, 0.15) is 11.1 Å². The summed E-state index contributed by atoms with van der Waals surface area (Å²) in [5.41, 5.74) is 9.61. The molecule has 1 aromatic heterocycles. The van der Waals surface area contributed by atoms with Crippen LogP contribution >= 0.6 is 0 Å². The zero-order valence-corrected chi connectivity index (χ0v) is 11.8. The third-order valence-electron chi connectivity index (χ3n) is 3.09. The molecule has 0 aliphatic heterocycles. The number of benzene rings is 1. The van der Waals surface area contributed by atoms with Gasteiger partial charge in [0.25, 0.3) is 0 Å². The van der Waals surface area contributed by atoms with Crippen LogP contribution in [0.4, 0.5) is 17.2 Å². The Bertz CT molecular complexity index is 596. The molecule has 0 radical (unpaired) electrons. The predicted octanol–water partition coefficient (Wildman–Crippen LogP) is 3.06. The molecule has 0 saturated heterocycles. The molecular formula is C15H19N3O. The molecule has 0 spiro atoms. The minimum atomic E-state index is 0.672. The van der Waals surface area contributed by atoms with Gasteiger partial charge in [0.1, 0.15) is 11.6 Å². The van der Waals surface area contributed by atoms with Gasteiger partial charge in [-0.2, -0.15) is 0 Å². The van der Waals surface area contributed by atoms with Crippen LogP contribution in [-0.4, -0.2) is 19.1 Å². The molecule has 0 saturated carbocycles. The summed E-state index contributed by atoms with van der Waals surface area (Å²) in [4.78, 5) is 6.42. The van der Waals surface area contributed by atoms with Crippen molar-refractivity contribution in [1.29, 1.82) is 0 Å². The summed E-state index contributed by atoms with van der Waals surface area (Å²) in [7, 11) is 3.65. The van der Waals surface area contributed by atoms with E-state index in [4.69, 9.17) is 10.5 Å². The summed E-state index contributed by atoms with van der Waals surface area (Å²) in [5, 5.41) is 0. The lowest BCUT2D eigenvalue weighted by atomic mass is 10.1. The molecule has 0 atom stereocenters. The normalized spacial score (nSPS) is 10.3. The van der Waals surface area contributed by atoms with Crippen LogP contribution in [0.5, 0.6) is 5.75 Å². The lowest BCUT2D eigenvalue weighted by Crippen LogP contribution is -2.14. The number of aromatic nitrogens is 1. The molecule has 0 amide bonds. The van der Waals surface area contributed by atoms with E-state index in [-0.39, 0.29) is 0 Å². The van der Waals surface area contributed by atoms with Crippen molar-refractivity contribution in [3.05, 3.63) is 41.6 Å². The van der Waals surface area contributed by atoms with Gasteiger partial charge in [0.05, 0.1) is 24.7 Å². The molecule has 0 fully saturated rings. The van der Waals surface area contributed by atoms with Crippen molar-refractivity contribution in [1.82, 2.24) is 4.98 Å². The summed E-state index contributed by atoms with van der Waals surface area (Å²) in [5.74, 6) is 1.70. The lowest BCUT2D eigenvalue weighted by Gasteiger charge is -2.23. The molecule has 1 aromatic carbocycles. The summed E-state index contributed by atoms with van der Waals surface area (Å²) >= 11 is 0. The van der Waals surface area contributed by atoms with Crippen LogP contribution in [0.3, 0.4) is 0 Å². The van der Waals surface area contributed by atoms with Gasteiger partial charge in [-0.05, 0) is 43.2 Å². The van der Waals surface area contributed by atoms with E-state index in [0.717, 1.165) is 22.8 Å². The van der Waals surface area contributed by atoms with E-state index >= 15 is 0 Å². The minimum absolute atomic E-state index is 0.672. The molecular weight excluding hydrogens is 238 g/mol. The quantitative estimate of drug-likeness (QED) is 0.918. The lowest BCUT2D eigenvalue weighted by molar-refractivity contribution is 0.415. The summed E-state index contributed by atoms with van der Waals surface area (Å²) in [6.45, 7) is 4.05. The summed E-state index contributed by atoms with van der Waals surface area (Å²) < 4.78 is 5.41. The predicted molar refractivity (Wildman–Crippen MR) is 79.2 cm³/mol. The highest BCUT2D eigenvalue weighted by Gasteiger charge is 2.13. The Balaban J connectivity index is 2.49. The fourth-order valence-electron chi connectivity index (χ4n) is 2.12. The maximum Gasteiger partial charge on any atom is 0.142 e. The Labute approximate surface area is 113 Å². The fourth-order valence-corrected chi connectivity index (χ4v) is 2.12. The molecule has 19 heavy (non-hydrogen) atoms. The second kappa shape index (κ2) is 5.18. The van der Waals surface area contributed by atoms with E-state index in [1.807, 2.05) is 37.1 Å². The highest BCUT2D eigenvalue weighted by Crippen LogP contribution is 2.33. The zero-order valence-electron chi connectivity index (χ0n) is 11.8. The zero-order chi connectivity index (χ0) is 14.0. The topological polar surface area (TPSA) is 51.4 Å². The summed E-state index contributed by atoms with van der Waals surface area (Å²) in [6.07, 6.45) is 1.67. The van der Waals surface area contributed by atoms with Crippen LogP contribution in [0.2, 0.25) is 0 Å². The second-order valence-corrected chi connectivity index (χ2v) is 4.64. The van der Waals surface area contributed by atoms with Gasteiger partial charge < -0.3 is 15.4 Å². The van der Waals surface area contributed by atoms with Crippen molar-refractivity contribution in [2.75, 3.05) is 24.8 Å². The van der Waals surface area contributed by atoms with Gasteiger partial charge in [0, 0.05) is 7.05 Å². The fraction of sp³-hybridized carbons (Fsp3) is 0.267. The average Bonchev–Trinajstić information content (AvgIpc) is 2.38. The first-order valence-corrected chi connectivity index (χ1v) is 6.13. The van der Waals surface area contributed by atoms with Gasteiger partial charge in [-0.15, -0.1) is 0 Å². The van der Waals surface area contributed by atoms with Crippen LogP contribution in [-0.2, 0) is 0 Å². The van der Waals surface area contributed by atoms with Gasteiger partial charge in [-0.1, -0.05) is 6.07 Å². The van der Waals surface area contributed by atoms with Crippen molar-refractivity contribution < 1.29 is 4.74 Å². The molecule has 2 N–H and O–H groups in total. The average molecular weight is 257 g/mol. The number of ether oxygens (including phenoxy) is 1. The van der Waals surface area contributed by atoms with E-state index in [1.165, 1.54) is 5.56 Å². The number of rotatable bonds is 3. The maximum atomic E-state index is 5.74. The van der Waals surface area contributed by atoms with Crippen molar-refractivity contribution >= 4 is 17.2 Å². The van der Waals surface area contributed by atoms with E-state index in [9.17, 15) is 0 Å². The maximum absolute atomic E-state index is 5.74. The van der Waals surface area contributed by atoms with Gasteiger partial charge in [0.2, 0.25) is 0 Å². The molecule has 0 unspecified atom stereocenters. The number of nitrogens with two attached hydrogens (primary N) is 1. The number of anilines is 3.